The first-order chi connectivity index (χ1) is 7.04. The molecule has 0 spiro atoms. The molecule has 0 bridgehead atoms. The molecule has 0 radical (unpaired) electrons. The first-order valence-electron chi connectivity index (χ1n) is 4.14. The number of esters is 1. The summed E-state index contributed by atoms with van der Waals surface area (Å²) >= 11 is 1.42. The second-order valence-electron chi connectivity index (χ2n) is 2.76. The van der Waals surface area contributed by atoms with E-state index in [0.29, 0.717) is 0 Å². The summed E-state index contributed by atoms with van der Waals surface area (Å²) in [7, 11) is 0. The van der Waals surface area contributed by atoms with E-state index in [9.17, 15) is 9.59 Å². The third kappa shape index (κ3) is 2.99. The van der Waals surface area contributed by atoms with Gasteiger partial charge in [-0.15, -0.1) is 11.8 Å². The number of carboxylic acid groups (broad SMARTS) is 1. The van der Waals surface area contributed by atoms with Crippen molar-refractivity contribution in [3.05, 3.63) is 23.8 Å². The van der Waals surface area contributed by atoms with E-state index in [4.69, 9.17) is 9.84 Å². The molecule has 1 N–H and O–H groups in total. The Morgan fingerprint density at radius 3 is 2.53 bits per heavy atom. The van der Waals surface area contributed by atoms with Gasteiger partial charge in [0.15, 0.2) is 0 Å². The highest BCUT2D eigenvalue weighted by molar-refractivity contribution is 7.98. The van der Waals surface area contributed by atoms with Gasteiger partial charge in [0, 0.05) is 11.8 Å². The van der Waals surface area contributed by atoms with E-state index in [1.165, 1.54) is 30.8 Å². The molecule has 0 saturated carbocycles. The van der Waals surface area contributed by atoms with Crippen LogP contribution in [0.1, 0.15) is 17.3 Å². The highest BCUT2D eigenvalue weighted by Gasteiger charge is 2.13. The van der Waals surface area contributed by atoms with Crippen molar-refractivity contribution in [1.29, 1.82) is 0 Å². The maximum atomic E-state index is 10.9. The van der Waals surface area contributed by atoms with Gasteiger partial charge in [-0.3, -0.25) is 4.79 Å². The van der Waals surface area contributed by atoms with Gasteiger partial charge in [0.25, 0.3) is 0 Å². The van der Waals surface area contributed by atoms with E-state index >= 15 is 0 Å². The fraction of sp³-hybridized carbons (Fsp3) is 0.200. The third-order valence-electron chi connectivity index (χ3n) is 1.67. The molecule has 0 heterocycles. The zero-order valence-corrected chi connectivity index (χ0v) is 9.13. The molecule has 0 unspecified atom stereocenters. The molecule has 1 aromatic rings. The topological polar surface area (TPSA) is 63.6 Å². The first kappa shape index (κ1) is 11.6. The smallest absolute Gasteiger partial charge is 0.339 e. The van der Waals surface area contributed by atoms with Crippen LogP contribution in [0.25, 0.3) is 0 Å². The Morgan fingerprint density at radius 1 is 1.40 bits per heavy atom. The van der Waals surface area contributed by atoms with Crippen LogP contribution in [0, 0.1) is 0 Å². The summed E-state index contributed by atoms with van der Waals surface area (Å²) in [5.41, 5.74) is -0.00273. The van der Waals surface area contributed by atoms with Crippen molar-refractivity contribution in [2.75, 3.05) is 6.26 Å². The summed E-state index contributed by atoms with van der Waals surface area (Å²) in [5.74, 6) is -1.57. The predicted molar refractivity (Wildman–Crippen MR) is 56.5 cm³/mol. The number of thioether (sulfide) groups is 1. The van der Waals surface area contributed by atoms with Crippen molar-refractivity contribution in [1.82, 2.24) is 0 Å². The van der Waals surface area contributed by atoms with Crippen molar-refractivity contribution < 1.29 is 19.4 Å². The molecular weight excluding hydrogens is 216 g/mol. The SMILES string of the molecule is CSc1ccc(OC(C)=O)c(C(=O)O)c1. The van der Waals surface area contributed by atoms with Gasteiger partial charge in [-0.05, 0) is 24.5 Å². The number of hydrogen-bond donors (Lipinski definition) is 1. The van der Waals surface area contributed by atoms with E-state index in [1.807, 2.05) is 6.26 Å². The molecule has 1 rings (SSSR count). The van der Waals surface area contributed by atoms with Gasteiger partial charge in [0.1, 0.15) is 11.3 Å². The minimum absolute atomic E-state index is 0.00273. The minimum atomic E-state index is -1.11. The van der Waals surface area contributed by atoms with Gasteiger partial charge in [-0.2, -0.15) is 0 Å². The lowest BCUT2D eigenvalue weighted by Crippen LogP contribution is -2.07. The van der Waals surface area contributed by atoms with Crippen LogP contribution in [0.5, 0.6) is 5.75 Å². The molecule has 0 fully saturated rings. The number of hydrogen-bond acceptors (Lipinski definition) is 4. The molecule has 0 atom stereocenters. The molecule has 0 aliphatic heterocycles. The minimum Gasteiger partial charge on any atom is -0.478 e. The van der Waals surface area contributed by atoms with Crippen LogP contribution in [-0.2, 0) is 4.79 Å². The van der Waals surface area contributed by atoms with Gasteiger partial charge >= 0.3 is 11.9 Å². The normalized spacial score (nSPS) is 9.73. The fourth-order valence-electron chi connectivity index (χ4n) is 1.05. The quantitative estimate of drug-likeness (QED) is 0.485. The van der Waals surface area contributed by atoms with Crippen LogP contribution in [0.15, 0.2) is 23.1 Å². The first-order valence-corrected chi connectivity index (χ1v) is 5.37. The lowest BCUT2D eigenvalue weighted by Gasteiger charge is -2.06. The molecule has 0 aliphatic carbocycles. The van der Waals surface area contributed by atoms with Crippen LogP contribution in [0.3, 0.4) is 0 Å². The van der Waals surface area contributed by atoms with Gasteiger partial charge in [0.05, 0.1) is 0 Å². The van der Waals surface area contributed by atoms with E-state index in [2.05, 4.69) is 0 Å². The number of carbonyl (C=O) groups is 2. The molecule has 4 nitrogen and oxygen atoms in total. The Labute approximate surface area is 91.2 Å². The second-order valence-corrected chi connectivity index (χ2v) is 3.64. The van der Waals surface area contributed by atoms with Crippen molar-refractivity contribution in [2.24, 2.45) is 0 Å². The van der Waals surface area contributed by atoms with Crippen LogP contribution < -0.4 is 4.74 Å². The number of carboxylic acids is 1. The average Bonchev–Trinajstić information content (AvgIpc) is 2.17. The van der Waals surface area contributed by atoms with E-state index in [-0.39, 0.29) is 11.3 Å². The van der Waals surface area contributed by atoms with E-state index in [0.717, 1.165) is 4.90 Å². The number of benzene rings is 1. The highest BCUT2D eigenvalue weighted by atomic mass is 32.2. The Balaban J connectivity index is 3.15. The molecular formula is C10H10O4S. The van der Waals surface area contributed by atoms with E-state index < -0.39 is 11.9 Å². The molecule has 5 heteroatoms. The molecule has 15 heavy (non-hydrogen) atoms. The summed E-state index contributed by atoms with van der Waals surface area (Å²) in [5, 5.41) is 8.90. The summed E-state index contributed by atoms with van der Waals surface area (Å²) in [6.07, 6.45) is 1.84. The predicted octanol–water partition coefficient (Wildman–Crippen LogP) is 2.03. The number of rotatable bonds is 3. The highest BCUT2D eigenvalue weighted by Crippen LogP contribution is 2.25. The Morgan fingerprint density at radius 2 is 2.07 bits per heavy atom. The van der Waals surface area contributed by atoms with Crippen LogP contribution in [0.4, 0.5) is 0 Å². The van der Waals surface area contributed by atoms with Crippen molar-refractivity contribution in [3.8, 4) is 5.75 Å². The summed E-state index contributed by atoms with van der Waals surface area (Å²) < 4.78 is 4.78. The Hall–Kier alpha value is -1.49. The molecule has 1 aromatic carbocycles. The lowest BCUT2D eigenvalue weighted by molar-refractivity contribution is -0.131. The standard InChI is InChI=1S/C10H10O4S/c1-6(11)14-9-4-3-7(15-2)5-8(9)10(12)13/h3-5H,1-2H3,(H,12,13). The average molecular weight is 226 g/mol. The molecule has 0 aromatic heterocycles. The van der Waals surface area contributed by atoms with Crippen molar-refractivity contribution >= 4 is 23.7 Å². The van der Waals surface area contributed by atoms with Gasteiger partial charge in [0.2, 0.25) is 0 Å². The van der Waals surface area contributed by atoms with Crippen LogP contribution in [-0.4, -0.2) is 23.3 Å². The zero-order chi connectivity index (χ0) is 11.4. The third-order valence-corrected chi connectivity index (χ3v) is 2.40. The van der Waals surface area contributed by atoms with Crippen LogP contribution in [0.2, 0.25) is 0 Å². The van der Waals surface area contributed by atoms with E-state index in [1.54, 1.807) is 6.07 Å². The monoisotopic (exact) mass is 226 g/mol. The molecule has 80 valence electrons. The number of aromatic carboxylic acids is 1. The van der Waals surface area contributed by atoms with Gasteiger partial charge in [-0.25, -0.2) is 4.79 Å². The van der Waals surface area contributed by atoms with Gasteiger partial charge in [-0.1, -0.05) is 0 Å². The van der Waals surface area contributed by atoms with Crippen molar-refractivity contribution in [3.63, 3.8) is 0 Å². The van der Waals surface area contributed by atoms with Gasteiger partial charge < -0.3 is 9.84 Å². The number of ether oxygens (including phenoxy) is 1. The molecule has 0 saturated heterocycles. The lowest BCUT2D eigenvalue weighted by atomic mass is 10.2. The largest absolute Gasteiger partial charge is 0.478 e. The fourth-order valence-corrected chi connectivity index (χ4v) is 1.49. The Bertz CT molecular complexity index is 400. The summed E-state index contributed by atoms with van der Waals surface area (Å²) in [4.78, 5) is 22.4. The zero-order valence-electron chi connectivity index (χ0n) is 8.31. The maximum absolute atomic E-state index is 10.9. The summed E-state index contributed by atoms with van der Waals surface area (Å²) in [6, 6.07) is 4.66. The van der Waals surface area contributed by atoms with Crippen LogP contribution >= 0.6 is 11.8 Å². The Kier molecular flexibility index (Phi) is 3.74. The molecule has 0 aliphatic rings. The second kappa shape index (κ2) is 4.84. The summed E-state index contributed by atoms with van der Waals surface area (Å²) in [6.45, 7) is 1.23. The van der Waals surface area contributed by atoms with Crippen molar-refractivity contribution in [2.45, 2.75) is 11.8 Å². The molecule has 0 amide bonds. The maximum Gasteiger partial charge on any atom is 0.339 e. The number of carbonyl (C=O) groups excluding carboxylic acids is 1.